The molecule has 0 aliphatic rings. The van der Waals surface area contributed by atoms with E-state index in [9.17, 15) is 15.0 Å². The fourth-order valence-electron chi connectivity index (χ4n) is 3.10. The second-order valence-electron chi connectivity index (χ2n) is 8.26. The van der Waals surface area contributed by atoms with Gasteiger partial charge in [0.2, 0.25) is 0 Å². The van der Waals surface area contributed by atoms with E-state index in [0.717, 1.165) is 25.7 Å². The van der Waals surface area contributed by atoms with E-state index in [1.54, 1.807) is 0 Å². The maximum absolute atomic E-state index is 11.4. The number of ether oxygens (including phenoxy) is 3. The van der Waals surface area contributed by atoms with Crippen molar-refractivity contribution < 1.29 is 29.2 Å². The summed E-state index contributed by atoms with van der Waals surface area (Å²) in [7, 11) is 0. The monoisotopic (exact) mass is 410 g/mol. The average molecular weight is 411 g/mol. The van der Waals surface area contributed by atoms with Crippen molar-refractivity contribution in [2.24, 2.45) is 11.8 Å². The third kappa shape index (κ3) is 7.67. The van der Waals surface area contributed by atoms with E-state index in [1.165, 1.54) is 0 Å². The second-order valence-corrected chi connectivity index (χ2v) is 8.26. The van der Waals surface area contributed by atoms with Gasteiger partial charge in [0.1, 0.15) is 0 Å². The van der Waals surface area contributed by atoms with Crippen molar-refractivity contribution >= 4 is 6.16 Å². The Hall–Kier alpha value is -2.11. The van der Waals surface area contributed by atoms with Crippen LogP contribution in [0.2, 0.25) is 0 Å². The minimum absolute atomic E-state index is 0.0313. The molecule has 0 saturated heterocycles. The molecular weight excluding hydrogens is 372 g/mol. The van der Waals surface area contributed by atoms with Gasteiger partial charge in [0, 0.05) is 11.1 Å². The Kier molecular flexibility index (Phi) is 10.7. The summed E-state index contributed by atoms with van der Waals surface area (Å²) in [6, 6.07) is 0. The van der Waals surface area contributed by atoms with Crippen LogP contribution in [0.5, 0.6) is 23.0 Å². The van der Waals surface area contributed by atoms with Gasteiger partial charge in [-0.1, -0.05) is 54.4 Å². The fraction of sp³-hybridized carbons (Fsp3) is 0.696. The average Bonchev–Trinajstić information content (AvgIpc) is 2.62. The predicted molar refractivity (Wildman–Crippen MR) is 115 cm³/mol. The maximum atomic E-state index is 11.4. The molecular formula is C23H38O6. The predicted octanol–water partition coefficient (Wildman–Crippen LogP) is 6.20. The molecule has 166 valence electrons. The molecule has 0 amide bonds. The SMILES string of the molecule is CCCCOc1c(CC(C)C)c(O)c(OC(=O)O)c(CC(C)C)c1OCCCC. The van der Waals surface area contributed by atoms with Crippen molar-refractivity contribution in [1.29, 1.82) is 0 Å². The van der Waals surface area contributed by atoms with Crippen LogP contribution in [-0.4, -0.2) is 29.6 Å². The molecule has 0 spiro atoms. The summed E-state index contributed by atoms with van der Waals surface area (Å²) in [5.74, 6) is 1.27. The standard InChI is InChI=1S/C23H38O6/c1-7-9-11-27-21-17(13-15(3)4)19(24)20(29-23(25)26)18(14-16(5)6)22(21)28-12-10-8-2/h15-16,24H,7-14H2,1-6H3,(H,25,26). The molecule has 0 aliphatic carbocycles. The number of phenolic OH excluding ortho intramolecular Hbond substituents is 1. The fourth-order valence-corrected chi connectivity index (χ4v) is 3.10. The van der Waals surface area contributed by atoms with Crippen LogP contribution >= 0.6 is 0 Å². The van der Waals surface area contributed by atoms with Crippen molar-refractivity contribution in [3.8, 4) is 23.0 Å². The molecule has 1 rings (SSSR count). The summed E-state index contributed by atoms with van der Waals surface area (Å²) in [4.78, 5) is 11.4. The first-order valence-electron chi connectivity index (χ1n) is 10.8. The number of carbonyl (C=O) groups is 1. The normalized spacial score (nSPS) is 11.2. The highest BCUT2D eigenvalue weighted by Gasteiger charge is 2.29. The zero-order chi connectivity index (χ0) is 22.0. The molecule has 0 unspecified atom stereocenters. The highest BCUT2D eigenvalue weighted by atomic mass is 16.7. The number of rotatable bonds is 13. The highest BCUT2D eigenvalue weighted by Crippen LogP contribution is 2.50. The van der Waals surface area contributed by atoms with E-state index >= 15 is 0 Å². The Morgan fingerprint density at radius 1 is 0.828 bits per heavy atom. The zero-order valence-corrected chi connectivity index (χ0v) is 18.8. The summed E-state index contributed by atoms with van der Waals surface area (Å²) in [5, 5.41) is 20.3. The topological polar surface area (TPSA) is 85.2 Å². The van der Waals surface area contributed by atoms with Crippen LogP contribution in [-0.2, 0) is 12.8 Å². The molecule has 6 heteroatoms. The highest BCUT2D eigenvalue weighted by molar-refractivity contribution is 5.71. The molecule has 0 fully saturated rings. The number of benzene rings is 1. The summed E-state index contributed by atoms with van der Waals surface area (Å²) in [5.41, 5.74) is 1.10. The summed E-state index contributed by atoms with van der Waals surface area (Å²) >= 11 is 0. The van der Waals surface area contributed by atoms with Crippen molar-refractivity contribution in [3.63, 3.8) is 0 Å². The number of aromatic hydroxyl groups is 1. The number of phenols is 1. The van der Waals surface area contributed by atoms with Crippen LogP contribution < -0.4 is 14.2 Å². The van der Waals surface area contributed by atoms with Crippen LogP contribution in [0.25, 0.3) is 0 Å². The van der Waals surface area contributed by atoms with Crippen LogP contribution in [0.4, 0.5) is 4.79 Å². The minimum Gasteiger partial charge on any atom is -0.504 e. The van der Waals surface area contributed by atoms with Gasteiger partial charge in [-0.15, -0.1) is 0 Å². The smallest absolute Gasteiger partial charge is 0.504 e. The molecule has 1 aromatic rings. The van der Waals surface area contributed by atoms with E-state index < -0.39 is 6.16 Å². The molecule has 0 heterocycles. The van der Waals surface area contributed by atoms with Crippen LogP contribution in [0.1, 0.15) is 78.4 Å². The van der Waals surface area contributed by atoms with Crippen LogP contribution in [0.3, 0.4) is 0 Å². The minimum atomic E-state index is -1.46. The lowest BCUT2D eigenvalue weighted by molar-refractivity contribution is 0.141. The lowest BCUT2D eigenvalue weighted by Gasteiger charge is -2.24. The molecule has 0 bridgehead atoms. The largest absolute Gasteiger partial charge is 0.511 e. The third-order valence-electron chi connectivity index (χ3n) is 4.43. The van der Waals surface area contributed by atoms with E-state index in [1.807, 2.05) is 27.7 Å². The van der Waals surface area contributed by atoms with Crippen molar-refractivity contribution in [2.75, 3.05) is 13.2 Å². The maximum Gasteiger partial charge on any atom is 0.511 e. The Morgan fingerprint density at radius 2 is 1.28 bits per heavy atom. The molecule has 29 heavy (non-hydrogen) atoms. The van der Waals surface area contributed by atoms with Crippen molar-refractivity contribution in [3.05, 3.63) is 11.1 Å². The van der Waals surface area contributed by atoms with Crippen LogP contribution in [0.15, 0.2) is 0 Å². The number of carboxylic acid groups (broad SMARTS) is 1. The summed E-state index contributed by atoms with van der Waals surface area (Å²) < 4.78 is 17.3. The molecule has 6 nitrogen and oxygen atoms in total. The van der Waals surface area contributed by atoms with Gasteiger partial charge >= 0.3 is 6.16 Å². The Bertz CT molecular complexity index is 652. The van der Waals surface area contributed by atoms with Gasteiger partial charge < -0.3 is 24.4 Å². The van der Waals surface area contributed by atoms with E-state index in [0.29, 0.717) is 48.7 Å². The molecule has 0 atom stereocenters. The number of hydrogen-bond donors (Lipinski definition) is 2. The summed E-state index contributed by atoms with van der Waals surface area (Å²) in [6.07, 6.45) is 3.27. The van der Waals surface area contributed by atoms with Gasteiger partial charge in [0.15, 0.2) is 23.0 Å². The third-order valence-corrected chi connectivity index (χ3v) is 4.43. The molecule has 0 saturated carbocycles. The zero-order valence-electron chi connectivity index (χ0n) is 18.8. The molecule has 2 N–H and O–H groups in total. The Labute approximate surface area is 175 Å². The van der Waals surface area contributed by atoms with E-state index in [2.05, 4.69) is 13.8 Å². The lowest BCUT2D eigenvalue weighted by atomic mass is 9.93. The van der Waals surface area contributed by atoms with Gasteiger partial charge in [-0.05, 0) is 37.5 Å². The summed E-state index contributed by atoms with van der Waals surface area (Å²) in [6.45, 7) is 13.3. The van der Waals surface area contributed by atoms with E-state index in [4.69, 9.17) is 14.2 Å². The molecule has 1 aromatic carbocycles. The van der Waals surface area contributed by atoms with Gasteiger partial charge in [-0.3, -0.25) is 0 Å². The molecule has 0 radical (unpaired) electrons. The van der Waals surface area contributed by atoms with Crippen LogP contribution in [0, 0.1) is 11.8 Å². The van der Waals surface area contributed by atoms with Crippen molar-refractivity contribution in [1.82, 2.24) is 0 Å². The first-order chi connectivity index (χ1) is 13.7. The van der Waals surface area contributed by atoms with Gasteiger partial charge in [0.05, 0.1) is 13.2 Å². The van der Waals surface area contributed by atoms with E-state index in [-0.39, 0.29) is 23.3 Å². The lowest BCUT2D eigenvalue weighted by Crippen LogP contribution is -2.14. The Balaban J connectivity index is 3.70. The Morgan fingerprint density at radius 3 is 1.69 bits per heavy atom. The first kappa shape index (κ1) is 24.9. The van der Waals surface area contributed by atoms with Gasteiger partial charge in [-0.25, -0.2) is 4.79 Å². The number of unbranched alkanes of at least 4 members (excludes halogenated alkanes) is 2. The first-order valence-corrected chi connectivity index (χ1v) is 10.8. The number of hydrogen-bond acceptors (Lipinski definition) is 5. The van der Waals surface area contributed by atoms with Gasteiger partial charge in [0.25, 0.3) is 0 Å². The molecule has 0 aromatic heterocycles. The van der Waals surface area contributed by atoms with Crippen molar-refractivity contribution in [2.45, 2.75) is 80.1 Å². The molecule has 0 aliphatic heterocycles. The second kappa shape index (κ2) is 12.5. The quantitative estimate of drug-likeness (QED) is 0.229. The van der Waals surface area contributed by atoms with Gasteiger partial charge in [-0.2, -0.15) is 0 Å².